The van der Waals surface area contributed by atoms with E-state index in [1.165, 1.54) is 10.9 Å². The number of hydrogen-bond acceptors (Lipinski definition) is 3. The monoisotopic (exact) mass is 404 g/mol. The molecule has 0 unspecified atom stereocenters. The molecule has 158 valence electrons. The van der Waals surface area contributed by atoms with Crippen LogP contribution in [0.2, 0.25) is 0 Å². The average Bonchev–Trinajstić information content (AvgIpc) is 3.13. The second kappa shape index (κ2) is 7.88. The number of hydrogen-bond donors (Lipinski definition) is 2. The van der Waals surface area contributed by atoms with E-state index in [0.717, 1.165) is 54.2 Å². The Morgan fingerprint density at radius 3 is 2.53 bits per heavy atom. The van der Waals surface area contributed by atoms with Crippen LogP contribution in [0.5, 0.6) is 0 Å². The van der Waals surface area contributed by atoms with Crippen LogP contribution in [0.4, 0.5) is 0 Å². The third kappa shape index (κ3) is 3.63. The van der Waals surface area contributed by atoms with Gasteiger partial charge in [0, 0.05) is 54.5 Å². The van der Waals surface area contributed by atoms with Crippen molar-refractivity contribution in [3.8, 4) is 11.3 Å². The summed E-state index contributed by atoms with van der Waals surface area (Å²) in [6.07, 6.45) is 1.86. The number of aromatic amines is 1. The fraction of sp³-hybridized carbons (Fsp3) is 0.440. The van der Waals surface area contributed by atoms with Crippen molar-refractivity contribution in [3.63, 3.8) is 0 Å². The average molecular weight is 405 g/mol. The lowest BCUT2D eigenvalue weighted by Gasteiger charge is -2.35. The number of nitrogens with zero attached hydrogens (tertiary/aromatic N) is 2. The molecular formula is C25H32N4O. The molecule has 4 rings (SSSR count). The van der Waals surface area contributed by atoms with Crippen molar-refractivity contribution >= 4 is 16.8 Å². The highest BCUT2D eigenvalue weighted by molar-refractivity contribution is 5.94. The van der Waals surface area contributed by atoms with Crippen molar-refractivity contribution in [3.05, 3.63) is 53.3 Å². The molecule has 1 fully saturated rings. The summed E-state index contributed by atoms with van der Waals surface area (Å²) in [7, 11) is 0. The lowest BCUT2D eigenvalue weighted by molar-refractivity contribution is -0.136. The number of aromatic nitrogens is 2. The van der Waals surface area contributed by atoms with Gasteiger partial charge in [-0.1, -0.05) is 19.9 Å². The summed E-state index contributed by atoms with van der Waals surface area (Å²) in [5.41, 5.74) is 6.21. The van der Waals surface area contributed by atoms with E-state index < -0.39 is 5.41 Å². The van der Waals surface area contributed by atoms with Crippen LogP contribution in [0, 0.1) is 6.92 Å². The molecule has 1 saturated heterocycles. The summed E-state index contributed by atoms with van der Waals surface area (Å²) < 4.78 is 0. The fourth-order valence-corrected chi connectivity index (χ4v) is 4.52. The summed E-state index contributed by atoms with van der Waals surface area (Å²) >= 11 is 0. The van der Waals surface area contributed by atoms with Gasteiger partial charge in [0.1, 0.15) is 0 Å². The van der Waals surface area contributed by atoms with Gasteiger partial charge in [-0.3, -0.25) is 9.78 Å². The van der Waals surface area contributed by atoms with Crippen molar-refractivity contribution in [1.29, 1.82) is 0 Å². The highest BCUT2D eigenvalue weighted by Crippen LogP contribution is 2.38. The lowest BCUT2D eigenvalue weighted by atomic mass is 9.81. The molecule has 0 bridgehead atoms. The van der Waals surface area contributed by atoms with E-state index >= 15 is 0 Å². The summed E-state index contributed by atoms with van der Waals surface area (Å²) in [5, 5.41) is 4.53. The Labute approximate surface area is 178 Å². The van der Waals surface area contributed by atoms with Crippen molar-refractivity contribution in [2.45, 2.75) is 46.0 Å². The van der Waals surface area contributed by atoms with E-state index in [4.69, 9.17) is 0 Å². The van der Waals surface area contributed by atoms with Gasteiger partial charge in [0.05, 0.1) is 11.1 Å². The van der Waals surface area contributed by atoms with Gasteiger partial charge in [-0.25, -0.2) is 0 Å². The Kier molecular flexibility index (Phi) is 5.41. The Bertz CT molecular complexity index is 1070. The van der Waals surface area contributed by atoms with Gasteiger partial charge in [-0.2, -0.15) is 0 Å². The zero-order valence-electron chi connectivity index (χ0n) is 18.7. The van der Waals surface area contributed by atoms with Crippen LogP contribution < -0.4 is 5.32 Å². The maximum absolute atomic E-state index is 13.3. The van der Waals surface area contributed by atoms with Gasteiger partial charge in [-0.15, -0.1) is 0 Å². The van der Waals surface area contributed by atoms with Crippen molar-refractivity contribution in [1.82, 2.24) is 20.2 Å². The summed E-state index contributed by atoms with van der Waals surface area (Å²) in [6, 6.07) is 10.6. The molecule has 30 heavy (non-hydrogen) atoms. The number of amides is 1. The molecule has 2 N–H and O–H groups in total. The van der Waals surface area contributed by atoms with Crippen LogP contribution in [0.15, 0.2) is 36.5 Å². The van der Waals surface area contributed by atoms with Crippen LogP contribution >= 0.6 is 0 Å². The first-order valence-corrected chi connectivity index (χ1v) is 10.9. The Balaban J connectivity index is 1.80. The molecule has 3 aromatic rings. The van der Waals surface area contributed by atoms with Crippen LogP contribution in [-0.4, -0.2) is 47.0 Å². The van der Waals surface area contributed by atoms with Gasteiger partial charge in [-0.05, 0) is 62.1 Å². The van der Waals surface area contributed by atoms with Gasteiger partial charge >= 0.3 is 0 Å². The number of rotatable bonds is 4. The third-order valence-corrected chi connectivity index (χ3v) is 6.26. The number of benzene rings is 1. The van der Waals surface area contributed by atoms with Gasteiger partial charge in [0.15, 0.2) is 0 Å². The van der Waals surface area contributed by atoms with E-state index in [9.17, 15) is 4.79 Å². The summed E-state index contributed by atoms with van der Waals surface area (Å²) in [6.45, 7) is 13.8. The van der Waals surface area contributed by atoms with E-state index in [1.807, 2.05) is 31.9 Å². The molecule has 1 amide bonds. The van der Waals surface area contributed by atoms with Crippen LogP contribution in [0.3, 0.4) is 0 Å². The lowest BCUT2D eigenvalue weighted by Crippen LogP contribution is -2.51. The predicted octanol–water partition coefficient (Wildman–Crippen LogP) is 4.37. The molecule has 0 atom stereocenters. The Morgan fingerprint density at radius 2 is 1.87 bits per heavy atom. The van der Waals surface area contributed by atoms with Gasteiger partial charge < -0.3 is 15.2 Å². The minimum atomic E-state index is -0.565. The maximum atomic E-state index is 13.3. The number of carbonyl (C=O) groups is 1. The van der Waals surface area contributed by atoms with Gasteiger partial charge in [0.2, 0.25) is 5.91 Å². The smallest absolute Gasteiger partial charge is 0.232 e. The molecule has 0 spiro atoms. The standard InChI is InChI=1S/C25H32N4O/c1-16(2)22-20-15-19(25(4,5)24(30)29-12-10-26-11-13-29)6-7-21(20)28-23(22)18-8-9-27-17(3)14-18/h6-9,14-16,26,28H,10-13H2,1-5H3. The van der Waals surface area contributed by atoms with Crippen LogP contribution in [-0.2, 0) is 10.2 Å². The maximum Gasteiger partial charge on any atom is 0.232 e. The number of carbonyl (C=O) groups excluding carboxylic acids is 1. The first-order valence-electron chi connectivity index (χ1n) is 10.9. The number of piperazine rings is 1. The quantitative estimate of drug-likeness (QED) is 0.679. The minimum absolute atomic E-state index is 0.204. The number of pyridine rings is 1. The molecular weight excluding hydrogens is 372 g/mol. The zero-order chi connectivity index (χ0) is 21.5. The fourth-order valence-electron chi connectivity index (χ4n) is 4.52. The van der Waals surface area contributed by atoms with Crippen molar-refractivity contribution in [2.24, 2.45) is 0 Å². The molecule has 0 aliphatic carbocycles. The van der Waals surface area contributed by atoms with Crippen LogP contribution in [0.1, 0.15) is 50.4 Å². The molecule has 5 nitrogen and oxygen atoms in total. The van der Waals surface area contributed by atoms with E-state index in [0.29, 0.717) is 5.92 Å². The van der Waals surface area contributed by atoms with E-state index in [1.54, 1.807) is 0 Å². The first-order chi connectivity index (χ1) is 14.3. The van der Waals surface area contributed by atoms with Crippen LogP contribution in [0.25, 0.3) is 22.2 Å². The third-order valence-electron chi connectivity index (χ3n) is 6.26. The number of aryl methyl sites for hydroxylation is 1. The highest BCUT2D eigenvalue weighted by atomic mass is 16.2. The number of fused-ring (bicyclic) bond motifs is 1. The highest BCUT2D eigenvalue weighted by Gasteiger charge is 2.34. The molecule has 5 heteroatoms. The molecule has 0 saturated carbocycles. The largest absolute Gasteiger partial charge is 0.354 e. The SMILES string of the molecule is Cc1cc(-c2[nH]c3ccc(C(C)(C)C(=O)N4CCNCC4)cc3c2C(C)C)ccn1. The van der Waals surface area contributed by atoms with Crippen molar-refractivity contribution < 1.29 is 4.79 Å². The molecule has 0 radical (unpaired) electrons. The summed E-state index contributed by atoms with van der Waals surface area (Å²) in [4.78, 5) is 23.3. The van der Waals surface area contributed by atoms with E-state index in [2.05, 4.69) is 59.5 Å². The molecule has 1 aliphatic heterocycles. The molecule has 3 heterocycles. The normalized spacial score (nSPS) is 15.2. The minimum Gasteiger partial charge on any atom is -0.354 e. The zero-order valence-corrected chi connectivity index (χ0v) is 18.7. The first kappa shape index (κ1) is 20.6. The van der Waals surface area contributed by atoms with E-state index in [-0.39, 0.29) is 5.91 Å². The van der Waals surface area contributed by atoms with Crippen molar-refractivity contribution in [2.75, 3.05) is 26.2 Å². The molecule has 1 aromatic carbocycles. The predicted molar refractivity (Wildman–Crippen MR) is 123 cm³/mol. The summed E-state index contributed by atoms with van der Waals surface area (Å²) in [5.74, 6) is 0.555. The number of nitrogens with one attached hydrogen (secondary N) is 2. The Hall–Kier alpha value is -2.66. The Morgan fingerprint density at radius 1 is 1.13 bits per heavy atom. The second-order valence-electron chi connectivity index (χ2n) is 9.18. The van der Waals surface area contributed by atoms with Gasteiger partial charge in [0.25, 0.3) is 0 Å². The molecule has 2 aromatic heterocycles. The second-order valence-corrected chi connectivity index (χ2v) is 9.18. The topological polar surface area (TPSA) is 61.0 Å². The number of H-pyrrole nitrogens is 1. The molecule has 1 aliphatic rings.